The average molecular weight is 494 g/mol. The van der Waals surface area contributed by atoms with E-state index in [0.717, 1.165) is 23.6 Å². The van der Waals surface area contributed by atoms with Gasteiger partial charge < -0.3 is 9.42 Å². The van der Waals surface area contributed by atoms with E-state index in [1.54, 1.807) is 4.90 Å². The van der Waals surface area contributed by atoms with Gasteiger partial charge in [0, 0.05) is 43.5 Å². The van der Waals surface area contributed by atoms with E-state index in [4.69, 9.17) is 4.52 Å². The number of thiazole rings is 1. The molecule has 0 spiro atoms. The third kappa shape index (κ3) is 5.47. The van der Waals surface area contributed by atoms with Gasteiger partial charge in [0.15, 0.2) is 0 Å². The topological polar surface area (TPSA) is 75.4 Å². The van der Waals surface area contributed by atoms with Gasteiger partial charge in [-0.15, -0.1) is 11.3 Å². The van der Waals surface area contributed by atoms with Crippen molar-refractivity contribution >= 4 is 17.2 Å². The van der Waals surface area contributed by atoms with E-state index in [1.807, 2.05) is 12.3 Å². The Morgan fingerprint density at radius 2 is 1.88 bits per heavy atom. The van der Waals surface area contributed by atoms with Crippen molar-refractivity contribution < 1.29 is 22.5 Å². The fraction of sp³-hybridized carbons (Fsp3) is 0.478. The molecular weight excluding hydrogens is 467 g/mol. The number of hydrogen-bond acceptors (Lipinski definition) is 7. The van der Waals surface area contributed by atoms with Crippen LogP contribution in [0.4, 0.5) is 13.2 Å². The SMILES string of the molecule is CC(C)Cc1nc(C(=O)N2CCN(C(C)c3nc(-c4cccc(C(F)(F)F)c4)no3)CC2)cs1. The van der Waals surface area contributed by atoms with Gasteiger partial charge in [-0.2, -0.15) is 18.2 Å². The molecule has 3 aromatic rings. The number of halogens is 3. The summed E-state index contributed by atoms with van der Waals surface area (Å²) in [6, 6.07) is 4.62. The molecule has 1 atom stereocenters. The van der Waals surface area contributed by atoms with Crippen LogP contribution in [-0.4, -0.2) is 57.0 Å². The summed E-state index contributed by atoms with van der Waals surface area (Å²) in [4.78, 5) is 25.6. The maximum Gasteiger partial charge on any atom is 0.416 e. The van der Waals surface area contributed by atoms with Gasteiger partial charge in [-0.1, -0.05) is 31.1 Å². The Bertz CT molecular complexity index is 1140. The maximum atomic E-state index is 13.0. The Morgan fingerprint density at radius 3 is 2.56 bits per heavy atom. The number of alkyl halides is 3. The summed E-state index contributed by atoms with van der Waals surface area (Å²) >= 11 is 1.52. The molecule has 1 aromatic carbocycles. The van der Waals surface area contributed by atoms with Gasteiger partial charge in [0.05, 0.1) is 16.6 Å². The average Bonchev–Trinajstić information content (AvgIpc) is 3.47. The standard InChI is InChI=1S/C23H26F3N5O2S/c1-14(2)11-19-27-18(13-34-19)22(32)31-9-7-30(8-10-31)15(3)21-28-20(29-33-21)16-5-4-6-17(12-16)23(24,25)26/h4-6,12-15H,7-11H2,1-3H3. The van der Waals surface area contributed by atoms with E-state index >= 15 is 0 Å². The van der Waals surface area contributed by atoms with Gasteiger partial charge in [-0.3, -0.25) is 9.69 Å². The van der Waals surface area contributed by atoms with Crippen LogP contribution in [0.3, 0.4) is 0 Å². The summed E-state index contributed by atoms with van der Waals surface area (Å²) in [6.07, 6.45) is -3.59. The molecule has 0 aliphatic carbocycles. The first-order chi connectivity index (χ1) is 16.1. The molecule has 0 saturated carbocycles. The lowest BCUT2D eigenvalue weighted by Crippen LogP contribution is -2.49. The third-order valence-electron chi connectivity index (χ3n) is 5.75. The lowest BCUT2D eigenvalue weighted by Gasteiger charge is -2.36. The summed E-state index contributed by atoms with van der Waals surface area (Å²) in [5, 5.41) is 6.67. The lowest BCUT2D eigenvalue weighted by atomic mass is 10.1. The zero-order valence-corrected chi connectivity index (χ0v) is 20.0. The van der Waals surface area contributed by atoms with Gasteiger partial charge in [0.2, 0.25) is 11.7 Å². The molecule has 7 nitrogen and oxygen atoms in total. The second kappa shape index (κ2) is 9.83. The van der Waals surface area contributed by atoms with Gasteiger partial charge >= 0.3 is 6.18 Å². The monoisotopic (exact) mass is 493 g/mol. The van der Waals surface area contributed by atoms with Crippen LogP contribution in [0.2, 0.25) is 0 Å². The highest BCUT2D eigenvalue weighted by Gasteiger charge is 2.32. The first-order valence-corrected chi connectivity index (χ1v) is 12.0. The van der Waals surface area contributed by atoms with Crippen LogP contribution in [0.5, 0.6) is 0 Å². The van der Waals surface area contributed by atoms with Crippen molar-refractivity contribution in [3.05, 3.63) is 51.8 Å². The number of rotatable bonds is 6. The second-order valence-electron chi connectivity index (χ2n) is 8.76. The highest BCUT2D eigenvalue weighted by molar-refractivity contribution is 7.09. The van der Waals surface area contributed by atoms with Crippen molar-refractivity contribution in [1.29, 1.82) is 0 Å². The molecule has 0 bridgehead atoms. The quantitative estimate of drug-likeness (QED) is 0.485. The van der Waals surface area contributed by atoms with Crippen molar-refractivity contribution in [2.24, 2.45) is 5.92 Å². The first-order valence-electron chi connectivity index (χ1n) is 11.1. The van der Waals surface area contributed by atoms with E-state index in [0.29, 0.717) is 43.7 Å². The zero-order chi connectivity index (χ0) is 24.5. The molecule has 1 amide bonds. The minimum atomic E-state index is -4.44. The molecule has 0 N–H and O–H groups in total. The summed E-state index contributed by atoms with van der Waals surface area (Å²) < 4.78 is 44.4. The fourth-order valence-electron chi connectivity index (χ4n) is 3.84. The predicted molar refractivity (Wildman–Crippen MR) is 121 cm³/mol. The molecular formula is C23H26F3N5O2S. The Kier molecular flexibility index (Phi) is 7.04. The number of carbonyl (C=O) groups excluding carboxylic acids is 1. The number of amides is 1. The molecule has 1 aliphatic heterocycles. The Morgan fingerprint density at radius 1 is 1.15 bits per heavy atom. The number of hydrogen-bond donors (Lipinski definition) is 0. The van der Waals surface area contributed by atoms with Crippen LogP contribution in [0.25, 0.3) is 11.4 Å². The van der Waals surface area contributed by atoms with E-state index in [2.05, 4.69) is 33.9 Å². The van der Waals surface area contributed by atoms with Gasteiger partial charge in [0.25, 0.3) is 5.91 Å². The molecule has 4 rings (SSSR count). The largest absolute Gasteiger partial charge is 0.416 e. The number of benzene rings is 1. The minimum absolute atomic E-state index is 0.0665. The van der Waals surface area contributed by atoms with Crippen LogP contribution in [0, 0.1) is 5.92 Å². The molecule has 1 aliphatic rings. The molecule has 11 heteroatoms. The Hall–Kier alpha value is -2.79. The zero-order valence-electron chi connectivity index (χ0n) is 19.2. The van der Waals surface area contributed by atoms with E-state index in [9.17, 15) is 18.0 Å². The Labute approximate surface area is 199 Å². The van der Waals surface area contributed by atoms with Crippen LogP contribution < -0.4 is 0 Å². The number of nitrogens with zero attached hydrogens (tertiary/aromatic N) is 5. The van der Waals surface area contributed by atoms with Crippen LogP contribution in [0.1, 0.15) is 53.8 Å². The second-order valence-corrected chi connectivity index (χ2v) is 9.71. The van der Waals surface area contributed by atoms with E-state index in [1.165, 1.54) is 23.5 Å². The predicted octanol–water partition coefficient (Wildman–Crippen LogP) is 4.93. The molecule has 0 radical (unpaired) electrons. The summed E-state index contributed by atoms with van der Waals surface area (Å²) in [5.74, 6) is 0.855. The molecule has 34 heavy (non-hydrogen) atoms. The molecule has 1 unspecified atom stereocenters. The van der Waals surface area contributed by atoms with Gasteiger partial charge in [-0.05, 0) is 25.0 Å². The summed E-state index contributed by atoms with van der Waals surface area (Å²) in [7, 11) is 0. The van der Waals surface area contributed by atoms with E-state index < -0.39 is 11.7 Å². The molecule has 1 saturated heterocycles. The van der Waals surface area contributed by atoms with Crippen LogP contribution in [0.15, 0.2) is 34.2 Å². The molecule has 1 fully saturated rings. The fourth-order valence-corrected chi connectivity index (χ4v) is 4.82. The first kappa shape index (κ1) is 24.3. The van der Waals surface area contributed by atoms with Crippen molar-refractivity contribution in [1.82, 2.24) is 24.9 Å². The van der Waals surface area contributed by atoms with Crippen molar-refractivity contribution in [2.45, 2.75) is 39.4 Å². The molecule has 3 heterocycles. The summed E-state index contributed by atoms with van der Waals surface area (Å²) in [6.45, 7) is 8.43. The number of aromatic nitrogens is 3. The minimum Gasteiger partial charge on any atom is -0.337 e. The van der Waals surface area contributed by atoms with E-state index in [-0.39, 0.29) is 23.3 Å². The smallest absolute Gasteiger partial charge is 0.337 e. The van der Waals surface area contributed by atoms with Gasteiger partial charge in [0.1, 0.15) is 5.69 Å². The molecule has 182 valence electrons. The van der Waals surface area contributed by atoms with Crippen molar-refractivity contribution in [2.75, 3.05) is 26.2 Å². The van der Waals surface area contributed by atoms with Crippen molar-refractivity contribution in [3.8, 4) is 11.4 Å². The highest BCUT2D eigenvalue weighted by Crippen LogP contribution is 2.32. The Balaban J connectivity index is 1.37. The lowest BCUT2D eigenvalue weighted by molar-refractivity contribution is -0.137. The highest BCUT2D eigenvalue weighted by atomic mass is 32.1. The summed E-state index contributed by atoms with van der Waals surface area (Å²) in [5.41, 5.74) is -0.0288. The maximum absolute atomic E-state index is 13.0. The van der Waals surface area contributed by atoms with Crippen LogP contribution in [-0.2, 0) is 12.6 Å². The molecule has 2 aromatic heterocycles. The van der Waals surface area contributed by atoms with Gasteiger partial charge in [-0.25, -0.2) is 4.98 Å². The number of carbonyl (C=O) groups is 1. The van der Waals surface area contributed by atoms with Crippen LogP contribution >= 0.6 is 11.3 Å². The number of piperazine rings is 1. The van der Waals surface area contributed by atoms with Crippen molar-refractivity contribution in [3.63, 3.8) is 0 Å². The third-order valence-corrected chi connectivity index (χ3v) is 6.62. The normalized spacial score (nSPS) is 16.3.